The van der Waals surface area contributed by atoms with Crippen molar-refractivity contribution in [3.05, 3.63) is 0 Å². The standard InChI is InChI=1S/C10H17NO5S/c1-17-6-9(12)11-7-2-3-15-4-8(7)16-5-10(13)14/h7-8H,2-6H2,1H3,(H,11,12)(H,13,14)/t7-,8-/m1/s1. The van der Waals surface area contributed by atoms with Gasteiger partial charge in [0.2, 0.25) is 5.91 Å². The molecule has 0 aromatic heterocycles. The molecular formula is C10H17NO5S. The fourth-order valence-corrected chi connectivity index (χ4v) is 1.94. The second-order valence-corrected chi connectivity index (χ2v) is 4.58. The second-order valence-electron chi connectivity index (χ2n) is 3.71. The molecule has 1 saturated heterocycles. The van der Waals surface area contributed by atoms with Gasteiger partial charge < -0.3 is 19.9 Å². The predicted molar refractivity (Wildman–Crippen MR) is 63.1 cm³/mol. The van der Waals surface area contributed by atoms with Crippen LogP contribution in [0.1, 0.15) is 6.42 Å². The van der Waals surface area contributed by atoms with E-state index in [1.165, 1.54) is 11.8 Å². The number of hydrogen-bond acceptors (Lipinski definition) is 5. The van der Waals surface area contributed by atoms with Crippen molar-refractivity contribution >= 4 is 23.6 Å². The Balaban J connectivity index is 2.41. The van der Waals surface area contributed by atoms with Gasteiger partial charge >= 0.3 is 5.97 Å². The van der Waals surface area contributed by atoms with Gasteiger partial charge in [0.25, 0.3) is 0 Å². The van der Waals surface area contributed by atoms with Gasteiger partial charge in [-0.05, 0) is 12.7 Å². The lowest BCUT2D eigenvalue weighted by atomic mass is 10.1. The highest BCUT2D eigenvalue weighted by Crippen LogP contribution is 2.11. The topological polar surface area (TPSA) is 84.9 Å². The lowest BCUT2D eigenvalue weighted by Crippen LogP contribution is -2.50. The zero-order chi connectivity index (χ0) is 12.7. The van der Waals surface area contributed by atoms with E-state index in [4.69, 9.17) is 14.6 Å². The summed E-state index contributed by atoms with van der Waals surface area (Å²) in [5.41, 5.74) is 0. The van der Waals surface area contributed by atoms with Crippen molar-refractivity contribution in [3.63, 3.8) is 0 Å². The van der Waals surface area contributed by atoms with Gasteiger partial charge in [-0.2, -0.15) is 11.8 Å². The summed E-state index contributed by atoms with van der Waals surface area (Å²) < 4.78 is 10.4. The number of thioether (sulfide) groups is 1. The molecule has 0 bridgehead atoms. The van der Waals surface area contributed by atoms with E-state index in [0.29, 0.717) is 25.4 Å². The van der Waals surface area contributed by atoms with Crippen molar-refractivity contribution in [1.82, 2.24) is 5.32 Å². The maximum Gasteiger partial charge on any atom is 0.329 e. The number of nitrogens with one attached hydrogen (secondary N) is 1. The molecule has 17 heavy (non-hydrogen) atoms. The molecule has 0 aromatic carbocycles. The Bertz CT molecular complexity index is 273. The molecule has 1 rings (SSSR count). The Morgan fingerprint density at radius 3 is 3.00 bits per heavy atom. The maximum absolute atomic E-state index is 11.5. The molecule has 0 aliphatic carbocycles. The summed E-state index contributed by atoms with van der Waals surface area (Å²) in [7, 11) is 0. The summed E-state index contributed by atoms with van der Waals surface area (Å²) in [6.07, 6.45) is 2.11. The summed E-state index contributed by atoms with van der Waals surface area (Å²) in [4.78, 5) is 21.9. The minimum Gasteiger partial charge on any atom is -0.480 e. The maximum atomic E-state index is 11.5. The third-order valence-electron chi connectivity index (χ3n) is 2.35. The number of carboxylic acid groups (broad SMARTS) is 1. The van der Waals surface area contributed by atoms with Gasteiger partial charge in [-0.1, -0.05) is 0 Å². The predicted octanol–water partition coefficient (Wildman–Crippen LogP) is -0.276. The number of rotatable bonds is 6. The van der Waals surface area contributed by atoms with Crippen molar-refractivity contribution in [3.8, 4) is 0 Å². The zero-order valence-electron chi connectivity index (χ0n) is 9.68. The molecule has 98 valence electrons. The molecule has 2 N–H and O–H groups in total. The SMILES string of the molecule is CSCC(=O)N[C@@H]1CCOC[C@H]1OCC(=O)O. The molecule has 1 fully saturated rings. The van der Waals surface area contributed by atoms with Crippen LogP contribution in [-0.4, -0.2) is 61.0 Å². The monoisotopic (exact) mass is 263 g/mol. The number of ether oxygens (including phenoxy) is 2. The van der Waals surface area contributed by atoms with Gasteiger partial charge in [-0.25, -0.2) is 4.79 Å². The van der Waals surface area contributed by atoms with Crippen molar-refractivity contribution in [2.75, 3.05) is 31.8 Å². The van der Waals surface area contributed by atoms with Crippen LogP contribution in [0.4, 0.5) is 0 Å². The Morgan fingerprint density at radius 1 is 1.59 bits per heavy atom. The Labute approximate surface area is 104 Å². The fourth-order valence-electron chi connectivity index (χ4n) is 1.60. The Kier molecular flexibility index (Phi) is 6.31. The lowest BCUT2D eigenvalue weighted by molar-refractivity contribution is -0.149. The average Bonchev–Trinajstić information content (AvgIpc) is 2.28. The normalized spacial score (nSPS) is 24.3. The zero-order valence-corrected chi connectivity index (χ0v) is 10.5. The number of carbonyl (C=O) groups excluding carboxylic acids is 1. The molecule has 1 amide bonds. The minimum absolute atomic E-state index is 0.0617. The van der Waals surface area contributed by atoms with Crippen LogP contribution in [0.3, 0.4) is 0 Å². The van der Waals surface area contributed by atoms with Crippen molar-refractivity contribution < 1.29 is 24.2 Å². The molecule has 1 heterocycles. The van der Waals surface area contributed by atoms with Crippen LogP contribution in [-0.2, 0) is 19.1 Å². The first-order valence-electron chi connectivity index (χ1n) is 5.33. The van der Waals surface area contributed by atoms with Gasteiger partial charge in [-0.15, -0.1) is 0 Å². The number of aliphatic carboxylic acids is 1. The summed E-state index contributed by atoms with van der Waals surface area (Å²) in [5.74, 6) is -0.693. The van der Waals surface area contributed by atoms with E-state index in [1.54, 1.807) is 0 Å². The third-order valence-corrected chi connectivity index (χ3v) is 2.90. The highest BCUT2D eigenvalue weighted by Gasteiger charge is 2.28. The van der Waals surface area contributed by atoms with Crippen LogP contribution < -0.4 is 5.32 Å². The molecule has 0 unspecified atom stereocenters. The molecule has 1 aliphatic rings. The summed E-state index contributed by atoms with van der Waals surface area (Å²) in [6.45, 7) is 0.498. The summed E-state index contributed by atoms with van der Waals surface area (Å²) in [5, 5.41) is 11.4. The molecule has 0 radical (unpaired) electrons. The summed E-state index contributed by atoms with van der Waals surface area (Å²) >= 11 is 1.44. The van der Waals surface area contributed by atoms with Crippen LogP contribution in [0.15, 0.2) is 0 Å². The van der Waals surface area contributed by atoms with Crippen LogP contribution >= 0.6 is 11.8 Å². The molecule has 0 aromatic rings. The molecule has 7 heteroatoms. The molecule has 2 atom stereocenters. The van der Waals surface area contributed by atoms with Crippen molar-refractivity contribution in [1.29, 1.82) is 0 Å². The van der Waals surface area contributed by atoms with Gasteiger partial charge in [0.15, 0.2) is 0 Å². The average molecular weight is 263 g/mol. The highest BCUT2D eigenvalue weighted by atomic mass is 32.2. The Hall–Kier alpha value is -0.790. The second kappa shape index (κ2) is 7.52. The van der Waals surface area contributed by atoms with E-state index in [1.807, 2.05) is 6.26 Å². The van der Waals surface area contributed by atoms with E-state index in [9.17, 15) is 9.59 Å². The van der Waals surface area contributed by atoms with Gasteiger partial charge in [0, 0.05) is 6.61 Å². The van der Waals surface area contributed by atoms with E-state index in [-0.39, 0.29) is 24.7 Å². The van der Waals surface area contributed by atoms with Crippen molar-refractivity contribution in [2.45, 2.75) is 18.6 Å². The number of hydrogen-bond donors (Lipinski definition) is 2. The molecule has 0 saturated carbocycles. The van der Waals surface area contributed by atoms with Gasteiger partial charge in [0.1, 0.15) is 12.7 Å². The molecule has 1 aliphatic heterocycles. The molecule has 0 spiro atoms. The van der Waals surface area contributed by atoms with Crippen LogP contribution in [0.25, 0.3) is 0 Å². The highest BCUT2D eigenvalue weighted by molar-refractivity contribution is 7.99. The first-order valence-corrected chi connectivity index (χ1v) is 6.72. The largest absolute Gasteiger partial charge is 0.480 e. The first-order chi connectivity index (χ1) is 8.13. The first kappa shape index (κ1) is 14.3. The number of carboxylic acids is 1. The van der Waals surface area contributed by atoms with Crippen LogP contribution in [0, 0.1) is 0 Å². The fraction of sp³-hybridized carbons (Fsp3) is 0.800. The number of carbonyl (C=O) groups is 2. The molecular weight excluding hydrogens is 246 g/mol. The van der Waals surface area contributed by atoms with E-state index in [2.05, 4.69) is 5.32 Å². The van der Waals surface area contributed by atoms with Crippen LogP contribution in [0.5, 0.6) is 0 Å². The quantitative estimate of drug-likeness (QED) is 0.686. The third kappa shape index (κ3) is 5.38. The molecule has 6 nitrogen and oxygen atoms in total. The van der Waals surface area contributed by atoms with E-state index < -0.39 is 5.97 Å². The Morgan fingerprint density at radius 2 is 2.35 bits per heavy atom. The smallest absolute Gasteiger partial charge is 0.329 e. The van der Waals surface area contributed by atoms with Gasteiger partial charge in [-0.3, -0.25) is 4.79 Å². The van der Waals surface area contributed by atoms with E-state index >= 15 is 0 Å². The van der Waals surface area contributed by atoms with Crippen LogP contribution in [0.2, 0.25) is 0 Å². The number of amides is 1. The lowest BCUT2D eigenvalue weighted by Gasteiger charge is -2.31. The van der Waals surface area contributed by atoms with Gasteiger partial charge in [0.05, 0.1) is 18.4 Å². The van der Waals surface area contributed by atoms with E-state index in [0.717, 1.165) is 0 Å². The summed E-state index contributed by atoms with van der Waals surface area (Å²) in [6, 6.07) is -0.164. The minimum atomic E-state index is -1.02. The van der Waals surface area contributed by atoms with Crippen molar-refractivity contribution in [2.24, 2.45) is 0 Å².